The molecule has 0 saturated carbocycles. The molecule has 130 valence electrons. The Morgan fingerprint density at radius 1 is 0.960 bits per heavy atom. The maximum Gasteiger partial charge on any atom is 0.416 e. The summed E-state index contributed by atoms with van der Waals surface area (Å²) in [6.07, 6.45) is -4.50. The predicted octanol–water partition coefficient (Wildman–Crippen LogP) is 3.83. The summed E-state index contributed by atoms with van der Waals surface area (Å²) < 4.78 is 38.7. The smallest absolute Gasteiger partial charge is 0.308 e. The lowest BCUT2D eigenvalue weighted by Crippen LogP contribution is -2.20. The zero-order valence-electron chi connectivity index (χ0n) is 12.9. The van der Waals surface area contributed by atoms with Crippen molar-refractivity contribution in [1.82, 2.24) is 9.97 Å². The monoisotopic (exact) mass is 350 g/mol. The summed E-state index contributed by atoms with van der Waals surface area (Å²) in [6, 6.07) is 7.53. The van der Waals surface area contributed by atoms with Gasteiger partial charge in [0.15, 0.2) is 0 Å². The fourth-order valence-corrected chi connectivity index (χ4v) is 2.41. The first-order chi connectivity index (χ1) is 11.7. The number of aryl methyl sites for hydroxylation is 1. The molecule has 0 spiro atoms. The summed E-state index contributed by atoms with van der Waals surface area (Å²) in [6.45, 7) is 1.35. The zero-order valence-corrected chi connectivity index (χ0v) is 12.9. The van der Waals surface area contributed by atoms with E-state index in [1.165, 1.54) is 25.1 Å². The lowest BCUT2D eigenvalue weighted by atomic mass is 10.1. The SMILES string of the molecule is Cc1ccc(NC(=O)Nc2ccc3[nH]c(=O)[nH]c3c2)cc1C(F)(F)F. The van der Waals surface area contributed by atoms with Crippen molar-refractivity contribution in [3.63, 3.8) is 0 Å². The first-order valence-corrected chi connectivity index (χ1v) is 7.20. The Balaban J connectivity index is 1.76. The highest BCUT2D eigenvalue weighted by Crippen LogP contribution is 2.33. The van der Waals surface area contributed by atoms with Crippen LogP contribution in [0, 0.1) is 6.92 Å². The van der Waals surface area contributed by atoms with Gasteiger partial charge in [0, 0.05) is 11.4 Å². The first-order valence-electron chi connectivity index (χ1n) is 7.20. The number of halogens is 3. The number of carbonyl (C=O) groups excluding carboxylic acids is 1. The van der Waals surface area contributed by atoms with Crippen molar-refractivity contribution < 1.29 is 18.0 Å². The Bertz CT molecular complexity index is 1000. The van der Waals surface area contributed by atoms with Crippen molar-refractivity contribution in [2.45, 2.75) is 13.1 Å². The molecule has 2 amide bonds. The van der Waals surface area contributed by atoms with E-state index in [-0.39, 0.29) is 16.9 Å². The molecule has 0 radical (unpaired) electrons. The number of hydrogen-bond donors (Lipinski definition) is 4. The highest BCUT2D eigenvalue weighted by molar-refractivity contribution is 6.00. The Hall–Kier alpha value is -3.23. The van der Waals surface area contributed by atoms with Gasteiger partial charge in [-0.3, -0.25) is 0 Å². The summed E-state index contributed by atoms with van der Waals surface area (Å²) in [5.74, 6) is 0. The molecule has 6 nitrogen and oxygen atoms in total. The summed E-state index contributed by atoms with van der Waals surface area (Å²) in [7, 11) is 0. The van der Waals surface area contributed by atoms with E-state index in [1.54, 1.807) is 12.1 Å². The lowest BCUT2D eigenvalue weighted by Gasteiger charge is -2.13. The average molecular weight is 350 g/mol. The molecule has 3 rings (SSSR count). The van der Waals surface area contributed by atoms with Crippen LogP contribution in [0.1, 0.15) is 11.1 Å². The van der Waals surface area contributed by atoms with Crippen LogP contribution in [0.15, 0.2) is 41.2 Å². The Kier molecular flexibility index (Phi) is 3.99. The number of rotatable bonds is 2. The van der Waals surface area contributed by atoms with E-state index in [9.17, 15) is 22.8 Å². The third kappa shape index (κ3) is 3.65. The van der Waals surface area contributed by atoms with Gasteiger partial charge in [0.25, 0.3) is 0 Å². The van der Waals surface area contributed by atoms with E-state index in [0.717, 1.165) is 6.07 Å². The highest BCUT2D eigenvalue weighted by atomic mass is 19.4. The Morgan fingerprint density at radius 2 is 1.56 bits per heavy atom. The lowest BCUT2D eigenvalue weighted by molar-refractivity contribution is -0.138. The van der Waals surface area contributed by atoms with Gasteiger partial charge in [-0.2, -0.15) is 13.2 Å². The number of aromatic amines is 2. The first kappa shape index (κ1) is 16.6. The molecule has 0 saturated heterocycles. The van der Waals surface area contributed by atoms with Crippen molar-refractivity contribution >= 4 is 28.4 Å². The number of hydrogen-bond acceptors (Lipinski definition) is 2. The molecule has 3 aromatic rings. The normalized spacial score (nSPS) is 11.5. The van der Waals surface area contributed by atoms with Gasteiger partial charge >= 0.3 is 17.9 Å². The van der Waals surface area contributed by atoms with Crippen LogP contribution in [0.3, 0.4) is 0 Å². The number of urea groups is 1. The molecule has 0 unspecified atom stereocenters. The molecule has 0 aliphatic heterocycles. The van der Waals surface area contributed by atoms with Crippen LogP contribution in [0.4, 0.5) is 29.3 Å². The topological polar surface area (TPSA) is 89.8 Å². The third-order valence-corrected chi connectivity index (χ3v) is 3.57. The van der Waals surface area contributed by atoms with Gasteiger partial charge < -0.3 is 20.6 Å². The molecule has 4 N–H and O–H groups in total. The standard InChI is InChI=1S/C16H13F3N4O2/c1-8-2-3-9(6-11(8)16(17,18)19)20-14(24)21-10-4-5-12-13(7-10)23-15(25)22-12/h2-7H,1H3,(H2,20,21,24)(H2,22,23,25). The number of aromatic nitrogens is 2. The predicted molar refractivity (Wildman–Crippen MR) is 87.7 cm³/mol. The van der Waals surface area contributed by atoms with Crippen LogP contribution in [0.2, 0.25) is 0 Å². The minimum absolute atomic E-state index is 0.0200. The number of benzene rings is 2. The minimum Gasteiger partial charge on any atom is -0.308 e. The van der Waals surface area contributed by atoms with Gasteiger partial charge in [-0.25, -0.2) is 9.59 Å². The van der Waals surface area contributed by atoms with E-state index in [4.69, 9.17) is 0 Å². The van der Waals surface area contributed by atoms with Crippen LogP contribution in [-0.2, 0) is 6.18 Å². The van der Waals surface area contributed by atoms with Crippen LogP contribution in [-0.4, -0.2) is 16.0 Å². The van der Waals surface area contributed by atoms with E-state index in [2.05, 4.69) is 20.6 Å². The second-order valence-electron chi connectivity index (χ2n) is 5.45. The molecule has 25 heavy (non-hydrogen) atoms. The third-order valence-electron chi connectivity index (χ3n) is 3.57. The van der Waals surface area contributed by atoms with Crippen LogP contribution in [0.5, 0.6) is 0 Å². The molecule has 9 heteroatoms. The molecule has 1 aromatic heterocycles. The number of nitrogens with one attached hydrogen (secondary N) is 4. The number of carbonyl (C=O) groups is 1. The largest absolute Gasteiger partial charge is 0.416 e. The quantitative estimate of drug-likeness (QED) is 0.566. The number of amides is 2. The van der Waals surface area contributed by atoms with E-state index in [1.807, 2.05) is 0 Å². The van der Waals surface area contributed by atoms with Crippen molar-refractivity contribution in [1.29, 1.82) is 0 Å². The van der Waals surface area contributed by atoms with Crippen molar-refractivity contribution in [3.05, 3.63) is 58.0 Å². The van der Waals surface area contributed by atoms with Crippen LogP contribution < -0.4 is 16.3 Å². The maximum atomic E-state index is 12.9. The van der Waals surface area contributed by atoms with Crippen molar-refractivity contribution in [3.8, 4) is 0 Å². The molecule has 0 fully saturated rings. The van der Waals surface area contributed by atoms with Gasteiger partial charge in [0.2, 0.25) is 0 Å². The number of imidazole rings is 1. The molecule has 0 atom stereocenters. The van der Waals surface area contributed by atoms with Crippen LogP contribution >= 0.6 is 0 Å². The molecule has 0 aliphatic rings. The molecule has 1 heterocycles. The van der Waals surface area contributed by atoms with E-state index >= 15 is 0 Å². The zero-order chi connectivity index (χ0) is 18.2. The highest BCUT2D eigenvalue weighted by Gasteiger charge is 2.32. The molecule has 0 bridgehead atoms. The minimum atomic E-state index is -4.50. The Morgan fingerprint density at radius 3 is 2.24 bits per heavy atom. The summed E-state index contributed by atoms with van der Waals surface area (Å²) >= 11 is 0. The maximum absolute atomic E-state index is 12.9. The van der Waals surface area contributed by atoms with Gasteiger partial charge in [-0.1, -0.05) is 6.07 Å². The summed E-state index contributed by atoms with van der Waals surface area (Å²) in [4.78, 5) is 28.3. The molecular weight excluding hydrogens is 337 g/mol. The number of fused-ring (bicyclic) bond motifs is 1. The van der Waals surface area contributed by atoms with E-state index < -0.39 is 17.8 Å². The average Bonchev–Trinajstić information content (AvgIpc) is 2.87. The fraction of sp³-hybridized carbons (Fsp3) is 0.125. The number of anilines is 2. The number of alkyl halides is 3. The molecular formula is C16H13F3N4O2. The van der Waals surface area contributed by atoms with Crippen molar-refractivity contribution in [2.24, 2.45) is 0 Å². The van der Waals surface area contributed by atoms with Gasteiger partial charge in [-0.05, 0) is 42.8 Å². The fourth-order valence-electron chi connectivity index (χ4n) is 2.41. The van der Waals surface area contributed by atoms with Gasteiger partial charge in [-0.15, -0.1) is 0 Å². The van der Waals surface area contributed by atoms with Crippen molar-refractivity contribution in [2.75, 3.05) is 10.6 Å². The Labute approximate surface area is 139 Å². The molecule has 2 aromatic carbocycles. The molecule has 0 aliphatic carbocycles. The second kappa shape index (κ2) is 6.00. The summed E-state index contributed by atoms with van der Waals surface area (Å²) in [5, 5.41) is 4.85. The van der Waals surface area contributed by atoms with Crippen LogP contribution in [0.25, 0.3) is 11.0 Å². The van der Waals surface area contributed by atoms with Gasteiger partial charge in [0.05, 0.1) is 16.6 Å². The number of H-pyrrole nitrogens is 2. The van der Waals surface area contributed by atoms with Gasteiger partial charge in [0.1, 0.15) is 0 Å². The summed E-state index contributed by atoms with van der Waals surface area (Å²) in [5.41, 5.74) is 0.352. The van der Waals surface area contributed by atoms with E-state index in [0.29, 0.717) is 16.7 Å². The second-order valence-corrected chi connectivity index (χ2v) is 5.45.